The lowest BCUT2D eigenvalue weighted by Crippen LogP contribution is -2.35. The lowest BCUT2D eigenvalue weighted by molar-refractivity contribution is 0.121. The summed E-state index contributed by atoms with van der Waals surface area (Å²) in [5.74, 6) is 0. The Balaban J connectivity index is 2.09. The SMILES string of the molecule is COCc1nc(N2CCC(OC)C2)sc1CNC(C)(C)C. The minimum atomic E-state index is 0.100. The molecule has 1 saturated heterocycles. The lowest BCUT2D eigenvalue weighted by atomic mass is 10.1. The van der Waals surface area contributed by atoms with Crippen LogP contribution in [0.1, 0.15) is 37.8 Å². The van der Waals surface area contributed by atoms with E-state index in [4.69, 9.17) is 14.5 Å². The molecule has 1 N–H and O–H groups in total. The summed E-state index contributed by atoms with van der Waals surface area (Å²) in [6, 6.07) is 0. The van der Waals surface area contributed by atoms with Crippen molar-refractivity contribution in [2.75, 3.05) is 32.2 Å². The lowest BCUT2D eigenvalue weighted by Gasteiger charge is -2.20. The Bertz CT molecular complexity index is 456. The molecule has 2 heterocycles. The van der Waals surface area contributed by atoms with Gasteiger partial charge in [0.05, 0.1) is 18.4 Å². The van der Waals surface area contributed by atoms with Crippen LogP contribution in [-0.4, -0.2) is 43.9 Å². The van der Waals surface area contributed by atoms with Crippen LogP contribution < -0.4 is 10.2 Å². The summed E-state index contributed by atoms with van der Waals surface area (Å²) >= 11 is 1.77. The molecule has 0 aliphatic carbocycles. The first-order valence-corrected chi connectivity index (χ1v) is 8.25. The monoisotopic (exact) mass is 313 g/mol. The number of nitrogens with one attached hydrogen (secondary N) is 1. The van der Waals surface area contributed by atoms with Gasteiger partial charge < -0.3 is 19.7 Å². The largest absolute Gasteiger partial charge is 0.380 e. The highest BCUT2D eigenvalue weighted by Gasteiger charge is 2.25. The van der Waals surface area contributed by atoms with Gasteiger partial charge in [-0.25, -0.2) is 4.98 Å². The minimum Gasteiger partial charge on any atom is -0.380 e. The van der Waals surface area contributed by atoms with E-state index in [-0.39, 0.29) is 5.54 Å². The topological polar surface area (TPSA) is 46.6 Å². The molecule has 0 aromatic carbocycles. The zero-order valence-corrected chi connectivity index (χ0v) is 14.5. The molecule has 120 valence electrons. The van der Waals surface area contributed by atoms with Gasteiger partial charge in [0, 0.05) is 44.3 Å². The van der Waals surface area contributed by atoms with Gasteiger partial charge in [0.25, 0.3) is 0 Å². The van der Waals surface area contributed by atoms with E-state index in [1.54, 1.807) is 25.6 Å². The van der Waals surface area contributed by atoms with Gasteiger partial charge in [-0.3, -0.25) is 0 Å². The molecule has 1 atom stereocenters. The van der Waals surface area contributed by atoms with Gasteiger partial charge in [-0.1, -0.05) is 0 Å². The Morgan fingerprint density at radius 2 is 2.14 bits per heavy atom. The molecule has 21 heavy (non-hydrogen) atoms. The van der Waals surface area contributed by atoms with E-state index in [0.717, 1.165) is 36.9 Å². The predicted octanol–water partition coefficient (Wildman–Crippen LogP) is 2.40. The standard InChI is InChI=1S/C15H27N3O2S/c1-15(2,3)16-8-13-12(10-19-4)17-14(21-13)18-7-6-11(9-18)20-5/h11,16H,6-10H2,1-5H3. The van der Waals surface area contributed by atoms with Crippen molar-refractivity contribution >= 4 is 16.5 Å². The van der Waals surface area contributed by atoms with E-state index in [1.807, 2.05) is 0 Å². The van der Waals surface area contributed by atoms with Crippen LogP contribution >= 0.6 is 11.3 Å². The molecule has 1 aromatic heterocycles. The van der Waals surface area contributed by atoms with E-state index < -0.39 is 0 Å². The third kappa shape index (κ3) is 4.64. The molecule has 1 aromatic rings. The smallest absolute Gasteiger partial charge is 0.186 e. The van der Waals surface area contributed by atoms with E-state index in [9.17, 15) is 0 Å². The van der Waals surface area contributed by atoms with Gasteiger partial charge >= 0.3 is 0 Å². The maximum absolute atomic E-state index is 5.44. The first-order valence-electron chi connectivity index (χ1n) is 7.43. The van der Waals surface area contributed by atoms with Crippen molar-refractivity contribution in [3.63, 3.8) is 0 Å². The van der Waals surface area contributed by atoms with Crippen molar-refractivity contribution in [1.29, 1.82) is 0 Å². The highest BCUT2D eigenvalue weighted by molar-refractivity contribution is 7.15. The van der Waals surface area contributed by atoms with E-state index in [2.05, 4.69) is 31.0 Å². The van der Waals surface area contributed by atoms with Crippen LogP contribution in [0.5, 0.6) is 0 Å². The van der Waals surface area contributed by atoms with E-state index in [0.29, 0.717) is 12.7 Å². The molecule has 1 aliphatic heterocycles. The normalized spacial score (nSPS) is 19.5. The van der Waals surface area contributed by atoms with Crippen molar-refractivity contribution in [2.45, 2.75) is 52.0 Å². The summed E-state index contributed by atoms with van der Waals surface area (Å²) < 4.78 is 10.7. The maximum Gasteiger partial charge on any atom is 0.186 e. The number of aromatic nitrogens is 1. The zero-order valence-electron chi connectivity index (χ0n) is 13.7. The predicted molar refractivity (Wildman–Crippen MR) is 87.0 cm³/mol. The molecule has 2 rings (SSSR count). The van der Waals surface area contributed by atoms with Gasteiger partial charge in [0.15, 0.2) is 5.13 Å². The van der Waals surface area contributed by atoms with Crippen molar-refractivity contribution < 1.29 is 9.47 Å². The van der Waals surface area contributed by atoms with Crippen LogP contribution in [0.15, 0.2) is 0 Å². The van der Waals surface area contributed by atoms with Crippen LogP contribution in [0.4, 0.5) is 5.13 Å². The highest BCUT2D eigenvalue weighted by atomic mass is 32.1. The number of nitrogens with zero attached hydrogens (tertiary/aromatic N) is 2. The van der Waals surface area contributed by atoms with Crippen molar-refractivity contribution in [1.82, 2.24) is 10.3 Å². The van der Waals surface area contributed by atoms with E-state index in [1.165, 1.54) is 4.88 Å². The molecule has 0 spiro atoms. The molecule has 5 nitrogen and oxygen atoms in total. The maximum atomic E-state index is 5.44. The van der Waals surface area contributed by atoms with Crippen molar-refractivity contribution in [3.05, 3.63) is 10.6 Å². The molecule has 0 saturated carbocycles. The van der Waals surface area contributed by atoms with Crippen LogP contribution in [-0.2, 0) is 22.6 Å². The molecule has 1 aliphatic rings. The molecule has 1 fully saturated rings. The molecule has 6 heteroatoms. The Labute approximate surface area is 131 Å². The third-order valence-corrected chi connectivity index (χ3v) is 4.73. The minimum absolute atomic E-state index is 0.100. The molecule has 0 amide bonds. The Hall–Kier alpha value is -0.690. The van der Waals surface area contributed by atoms with Crippen LogP contribution in [0.2, 0.25) is 0 Å². The van der Waals surface area contributed by atoms with Gasteiger partial charge in [0.2, 0.25) is 0 Å². The molecule has 0 bridgehead atoms. The molecular formula is C15H27N3O2S. The summed E-state index contributed by atoms with van der Waals surface area (Å²) in [6.45, 7) is 9.88. The molecule has 1 unspecified atom stereocenters. The van der Waals surface area contributed by atoms with E-state index >= 15 is 0 Å². The Kier molecular flexibility index (Phi) is 5.60. The van der Waals surface area contributed by atoms with Gasteiger partial charge in [-0.05, 0) is 27.2 Å². The second-order valence-corrected chi connectivity index (χ2v) is 7.56. The Morgan fingerprint density at radius 1 is 1.38 bits per heavy atom. The zero-order chi connectivity index (χ0) is 15.5. The first kappa shape index (κ1) is 16.7. The fraction of sp³-hybridized carbons (Fsp3) is 0.800. The Morgan fingerprint density at radius 3 is 2.71 bits per heavy atom. The average Bonchev–Trinajstić information content (AvgIpc) is 3.02. The number of ether oxygens (including phenoxy) is 2. The van der Waals surface area contributed by atoms with Gasteiger partial charge in [-0.15, -0.1) is 11.3 Å². The quantitative estimate of drug-likeness (QED) is 0.874. The number of hydrogen-bond donors (Lipinski definition) is 1. The summed E-state index contributed by atoms with van der Waals surface area (Å²) in [6.07, 6.45) is 1.40. The van der Waals surface area contributed by atoms with Crippen molar-refractivity contribution in [2.24, 2.45) is 0 Å². The summed E-state index contributed by atoms with van der Waals surface area (Å²) in [5, 5.41) is 4.62. The molecular weight excluding hydrogens is 286 g/mol. The van der Waals surface area contributed by atoms with Gasteiger partial charge in [0.1, 0.15) is 0 Å². The number of rotatable bonds is 6. The fourth-order valence-electron chi connectivity index (χ4n) is 2.33. The molecule has 0 radical (unpaired) electrons. The average molecular weight is 313 g/mol. The van der Waals surface area contributed by atoms with Crippen LogP contribution in [0.3, 0.4) is 0 Å². The summed E-state index contributed by atoms with van der Waals surface area (Å²) in [5.41, 5.74) is 1.15. The van der Waals surface area contributed by atoms with Crippen LogP contribution in [0.25, 0.3) is 0 Å². The summed E-state index contributed by atoms with van der Waals surface area (Å²) in [7, 11) is 3.50. The fourth-order valence-corrected chi connectivity index (χ4v) is 3.37. The second-order valence-electron chi connectivity index (χ2n) is 6.50. The summed E-state index contributed by atoms with van der Waals surface area (Å²) in [4.78, 5) is 8.36. The number of anilines is 1. The van der Waals surface area contributed by atoms with Crippen molar-refractivity contribution in [3.8, 4) is 0 Å². The highest BCUT2D eigenvalue weighted by Crippen LogP contribution is 2.30. The number of thiazole rings is 1. The first-order chi connectivity index (χ1) is 9.93. The number of hydrogen-bond acceptors (Lipinski definition) is 6. The third-order valence-electron chi connectivity index (χ3n) is 3.58. The number of methoxy groups -OCH3 is 2. The second kappa shape index (κ2) is 7.05. The van der Waals surface area contributed by atoms with Gasteiger partial charge in [-0.2, -0.15) is 0 Å². The van der Waals surface area contributed by atoms with Crippen LogP contribution in [0, 0.1) is 0 Å².